The largest absolute Gasteiger partial charge is 0.326 e. The minimum atomic E-state index is -3.54. The monoisotopic (exact) mass is 422 g/mol. The highest BCUT2D eigenvalue weighted by Gasteiger charge is 2.26. The summed E-state index contributed by atoms with van der Waals surface area (Å²) in [5.74, 6) is -0.165. The Balaban J connectivity index is 1.55. The van der Waals surface area contributed by atoms with Crippen LogP contribution < -0.4 is 5.32 Å². The fourth-order valence-corrected chi connectivity index (χ4v) is 5.51. The number of nitrogens with zero attached hydrogens (tertiary/aromatic N) is 1. The third-order valence-corrected chi connectivity index (χ3v) is 7.56. The molecule has 0 unspecified atom stereocenters. The Hall–Kier alpha value is -2.70. The summed E-state index contributed by atoms with van der Waals surface area (Å²) in [6.07, 6.45) is 3.07. The molecule has 0 atom stereocenters. The SMILES string of the molecule is Cc1ccc(S(=O)(=O)N2CCCCC2)cc1NC(=O)Cc1cccc2ccccc12. The number of carbonyl (C=O) groups is 1. The van der Waals surface area contributed by atoms with Gasteiger partial charge >= 0.3 is 0 Å². The number of fused-ring (bicyclic) bond motifs is 1. The molecule has 1 N–H and O–H groups in total. The minimum absolute atomic E-state index is 0.165. The number of rotatable bonds is 5. The van der Waals surface area contributed by atoms with Crippen molar-refractivity contribution in [3.8, 4) is 0 Å². The first-order chi connectivity index (χ1) is 14.4. The maximum absolute atomic E-state index is 13.0. The van der Waals surface area contributed by atoms with Crippen LogP contribution in [0.1, 0.15) is 30.4 Å². The van der Waals surface area contributed by atoms with Crippen LogP contribution in [0, 0.1) is 6.92 Å². The molecule has 1 amide bonds. The number of amides is 1. The van der Waals surface area contributed by atoms with Gasteiger partial charge in [-0.3, -0.25) is 4.79 Å². The lowest BCUT2D eigenvalue weighted by Crippen LogP contribution is -2.35. The van der Waals surface area contributed by atoms with Crippen molar-refractivity contribution < 1.29 is 13.2 Å². The van der Waals surface area contributed by atoms with Crippen molar-refractivity contribution >= 4 is 32.4 Å². The number of piperidine rings is 1. The molecule has 0 aromatic heterocycles. The van der Waals surface area contributed by atoms with E-state index in [1.165, 1.54) is 0 Å². The van der Waals surface area contributed by atoms with Crippen LogP contribution in [-0.2, 0) is 21.2 Å². The molecule has 1 aliphatic rings. The highest BCUT2D eigenvalue weighted by atomic mass is 32.2. The second-order valence-corrected chi connectivity index (χ2v) is 9.74. The zero-order chi connectivity index (χ0) is 21.1. The molecule has 1 aliphatic heterocycles. The maximum atomic E-state index is 13.0. The topological polar surface area (TPSA) is 66.5 Å². The Morgan fingerprint density at radius 2 is 1.70 bits per heavy atom. The van der Waals surface area contributed by atoms with Crippen molar-refractivity contribution in [2.45, 2.75) is 37.5 Å². The number of sulfonamides is 1. The molecule has 4 rings (SSSR count). The van der Waals surface area contributed by atoms with Gasteiger partial charge in [-0.1, -0.05) is 55.0 Å². The number of benzene rings is 3. The fraction of sp³-hybridized carbons (Fsp3) is 0.292. The molecule has 1 saturated heterocycles. The van der Waals surface area contributed by atoms with Gasteiger partial charge in [0.1, 0.15) is 0 Å². The number of hydrogen-bond acceptors (Lipinski definition) is 3. The molecule has 0 aliphatic carbocycles. The third kappa shape index (κ3) is 4.25. The van der Waals surface area contributed by atoms with Gasteiger partial charge in [-0.25, -0.2) is 8.42 Å². The third-order valence-electron chi connectivity index (χ3n) is 5.67. The van der Waals surface area contributed by atoms with Crippen molar-refractivity contribution in [2.24, 2.45) is 0 Å². The Labute approximate surface area is 177 Å². The highest BCUT2D eigenvalue weighted by Crippen LogP contribution is 2.26. The Kier molecular flexibility index (Phi) is 5.88. The Morgan fingerprint density at radius 1 is 0.967 bits per heavy atom. The molecule has 3 aromatic carbocycles. The zero-order valence-corrected chi connectivity index (χ0v) is 17.9. The van der Waals surface area contributed by atoms with E-state index >= 15 is 0 Å². The van der Waals surface area contributed by atoms with Crippen LogP contribution >= 0.6 is 0 Å². The molecule has 3 aromatic rings. The minimum Gasteiger partial charge on any atom is -0.326 e. The Morgan fingerprint density at radius 3 is 2.50 bits per heavy atom. The van der Waals surface area contributed by atoms with Crippen LogP contribution in [0.2, 0.25) is 0 Å². The molecule has 5 nitrogen and oxygen atoms in total. The van der Waals surface area contributed by atoms with Gasteiger partial charge in [0.15, 0.2) is 0 Å². The summed E-state index contributed by atoms with van der Waals surface area (Å²) in [5, 5.41) is 5.06. The van der Waals surface area contributed by atoms with E-state index in [0.29, 0.717) is 18.8 Å². The van der Waals surface area contributed by atoms with Gasteiger partial charge < -0.3 is 5.32 Å². The number of anilines is 1. The lowest BCUT2D eigenvalue weighted by molar-refractivity contribution is -0.115. The summed E-state index contributed by atoms with van der Waals surface area (Å²) in [5.41, 5.74) is 2.32. The van der Waals surface area contributed by atoms with Gasteiger partial charge in [-0.05, 0) is 53.8 Å². The molecule has 1 heterocycles. The average molecular weight is 423 g/mol. The van der Waals surface area contributed by atoms with Gasteiger partial charge in [0.2, 0.25) is 15.9 Å². The van der Waals surface area contributed by atoms with Gasteiger partial charge in [-0.15, -0.1) is 0 Å². The summed E-state index contributed by atoms with van der Waals surface area (Å²) in [4.78, 5) is 13.0. The van der Waals surface area contributed by atoms with Crippen LogP contribution in [0.5, 0.6) is 0 Å². The van der Waals surface area contributed by atoms with Gasteiger partial charge in [0.05, 0.1) is 11.3 Å². The summed E-state index contributed by atoms with van der Waals surface area (Å²) < 4.78 is 27.5. The van der Waals surface area contributed by atoms with Crippen LogP contribution in [0.25, 0.3) is 10.8 Å². The molecule has 1 fully saturated rings. The fourth-order valence-electron chi connectivity index (χ4n) is 3.96. The Bertz CT molecular complexity index is 1180. The molecule has 30 heavy (non-hydrogen) atoms. The molecule has 0 bridgehead atoms. The predicted molar refractivity (Wildman–Crippen MR) is 120 cm³/mol. The zero-order valence-electron chi connectivity index (χ0n) is 17.1. The van der Waals surface area contributed by atoms with Crippen LogP contribution in [-0.4, -0.2) is 31.7 Å². The second kappa shape index (κ2) is 8.58. The first-order valence-corrected chi connectivity index (χ1v) is 11.8. The first kappa shape index (κ1) is 20.6. The lowest BCUT2D eigenvalue weighted by atomic mass is 10.0. The second-order valence-electron chi connectivity index (χ2n) is 7.80. The molecule has 156 valence electrons. The number of carbonyl (C=O) groups excluding carboxylic acids is 1. The summed E-state index contributed by atoms with van der Waals surface area (Å²) >= 11 is 0. The van der Waals surface area contributed by atoms with Crippen molar-refractivity contribution in [1.29, 1.82) is 0 Å². The maximum Gasteiger partial charge on any atom is 0.243 e. The van der Waals surface area contributed by atoms with E-state index in [1.807, 2.05) is 49.4 Å². The lowest BCUT2D eigenvalue weighted by Gasteiger charge is -2.26. The number of nitrogens with one attached hydrogen (secondary N) is 1. The first-order valence-electron chi connectivity index (χ1n) is 10.3. The summed E-state index contributed by atoms with van der Waals surface area (Å²) in [6, 6.07) is 18.9. The number of aryl methyl sites for hydroxylation is 1. The smallest absolute Gasteiger partial charge is 0.243 e. The normalized spacial score (nSPS) is 15.2. The molecule has 0 radical (unpaired) electrons. The molecular formula is C24H26N2O3S. The molecule has 0 saturated carbocycles. The average Bonchev–Trinajstić information content (AvgIpc) is 2.76. The summed E-state index contributed by atoms with van der Waals surface area (Å²) in [7, 11) is -3.54. The van der Waals surface area contributed by atoms with Gasteiger partial charge in [0, 0.05) is 18.8 Å². The predicted octanol–water partition coefficient (Wildman–Crippen LogP) is 4.50. The van der Waals surface area contributed by atoms with Gasteiger partial charge in [-0.2, -0.15) is 4.31 Å². The van der Waals surface area contributed by atoms with E-state index in [2.05, 4.69) is 5.32 Å². The van der Waals surface area contributed by atoms with Crippen molar-refractivity contribution in [3.05, 3.63) is 71.8 Å². The van der Waals surface area contributed by atoms with E-state index < -0.39 is 10.0 Å². The van der Waals surface area contributed by atoms with Crippen LogP contribution in [0.15, 0.2) is 65.6 Å². The van der Waals surface area contributed by atoms with E-state index in [0.717, 1.165) is 41.2 Å². The summed E-state index contributed by atoms with van der Waals surface area (Å²) in [6.45, 7) is 2.97. The van der Waals surface area contributed by atoms with Crippen molar-refractivity contribution in [3.63, 3.8) is 0 Å². The number of hydrogen-bond donors (Lipinski definition) is 1. The quantitative estimate of drug-likeness (QED) is 0.658. The van der Waals surface area contributed by atoms with E-state index in [4.69, 9.17) is 0 Å². The molecule has 6 heteroatoms. The highest BCUT2D eigenvalue weighted by molar-refractivity contribution is 7.89. The van der Waals surface area contributed by atoms with E-state index in [-0.39, 0.29) is 17.2 Å². The molecular weight excluding hydrogens is 396 g/mol. The molecule has 0 spiro atoms. The van der Waals surface area contributed by atoms with Crippen LogP contribution in [0.4, 0.5) is 5.69 Å². The standard InChI is InChI=1S/C24H26N2O3S/c1-18-12-13-21(30(28,29)26-14-5-2-6-15-26)17-23(18)25-24(27)16-20-10-7-9-19-8-3-4-11-22(19)20/h3-4,7-13,17H,2,5-6,14-16H2,1H3,(H,25,27). The van der Waals surface area contributed by atoms with Crippen LogP contribution in [0.3, 0.4) is 0 Å². The van der Waals surface area contributed by atoms with Crippen molar-refractivity contribution in [2.75, 3.05) is 18.4 Å². The van der Waals surface area contributed by atoms with E-state index in [1.54, 1.807) is 22.5 Å². The van der Waals surface area contributed by atoms with Gasteiger partial charge in [0.25, 0.3) is 0 Å². The van der Waals surface area contributed by atoms with Crippen molar-refractivity contribution in [1.82, 2.24) is 4.31 Å². The van der Waals surface area contributed by atoms with E-state index in [9.17, 15) is 13.2 Å².